The molecule has 1 nitrogen and oxygen atoms in total. The van der Waals surface area contributed by atoms with Crippen LogP contribution in [0.25, 0.3) is 0 Å². The lowest BCUT2D eigenvalue weighted by molar-refractivity contribution is 0.0420. The Labute approximate surface area is 52.5 Å². The van der Waals surface area contributed by atoms with Crippen LogP contribution in [-0.4, -0.2) is 18.6 Å². The van der Waals surface area contributed by atoms with Gasteiger partial charge >= 0.3 is 0 Å². The molecule has 0 unspecified atom stereocenters. The maximum atomic E-state index is 9.23. The molecule has 0 heterocycles. The third kappa shape index (κ3) is 1.87. The zero-order valence-corrected chi connectivity index (χ0v) is 6.02. The maximum Gasteiger partial charge on any atom is 0.0777 e. The number of rotatable bonds is 1. The Balaban J connectivity index is 4.02. The molecule has 0 aromatic rings. The molecule has 0 bridgehead atoms. The fourth-order valence-corrected chi connectivity index (χ4v) is 0. The zero-order valence-electron chi connectivity index (χ0n) is 6.02. The zero-order chi connectivity index (χ0) is 7.00. The highest BCUT2D eigenvalue weighted by atomic mass is 16.3. The predicted molar refractivity (Wildman–Crippen MR) is 36.1 cm³/mol. The smallest absolute Gasteiger partial charge is 0.0777 e. The molecule has 0 spiro atoms. The summed E-state index contributed by atoms with van der Waals surface area (Å²) in [6.07, 6.45) is 0. The van der Waals surface area contributed by atoms with Gasteiger partial charge in [0, 0.05) is 0 Å². The molecular formula is C6H13BO. The Morgan fingerprint density at radius 2 is 1.25 bits per heavy atom. The fraction of sp³-hybridized carbons (Fsp3) is 1.00. The molecule has 0 rings (SSSR count). The molecule has 0 saturated heterocycles. The molecule has 2 heteroatoms. The van der Waals surface area contributed by atoms with Crippen LogP contribution in [0.15, 0.2) is 0 Å². The van der Waals surface area contributed by atoms with Gasteiger partial charge in [-0.1, -0.05) is 13.8 Å². The molecule has 0 aliphatic rings. The first-order chi connectivity index (χ1) is 3.25. The molecule has 0 fully saturated rings. The van der Waals surface area contributed by atoms with Gasteiger partial charge in [0.25, 0.3) is 0 Å². The van der Waals surface area contributed by atoms with Crippen LogP contribution in [0.5, 0.6) is 0 Å². The molecule has 0 saturated carbocycles. The largest absolute Gasteiger partial charge is 0.391 e. The van der Waals surface area contributed by atoms with Gasteiger partial charge in [0.2, 0.25) is 0 Å². The fourth-order valence-electron chi connectivity index (χ4n) is 0. The van der Waals surface area contributed by atoms with Crippen LogP contribution in [0.4, 0.5) is 0 Å². The molecule has 0 aromatic carbocycles. The first kappa shape index (κ1) is 8.02. The third-order valence-corrected chi connectivity index (χ3v) is 1.58. The van der Waals surface area contributed by atoms with E-state index in [9.17, 15) is 5.11 Å². The summed E-state index contributed by atoms with van der Waals surface area (Å²) in [5, 5.41) is 8.72. The highest BCUT2D eigenvalue weighted by molar-refractivity contribution is 6.15. The lowest BCUT2D eigenvalue weighted by atomic mass is 9.62. The summed E-state index contributed by atoms with van der Waals surface area (Å²) in [5.41, 5.74) is -0.785. The summed E-state index contributed by atoms with van der Waals surface area (Å²) >= 11 is 0. The number of hydrogen-bond donors (Lipinski definition) is 1. The lowest BCUT2D eigenvalue weighted by Crippen LogP contribution is -2.33. The van der Waals surface area contributed by atoms with E-state index in [-0.39, 0.29) is 0 Å². The molecule has 0 aliphatic heterocycles. The average molecular weight is 112 g/mol. The van der Waals surface area contributed by atoms with E-state index >= 15 is 0 Å². The second kappa shape index (κ2) is 1.76. The van der Waals surface area contributed by atoms with Crippen molar-refractivity contribution in [1.29, 1.82) is 0 Å². The van der Waals surface area contributed by atoms with Gasteiger partial charge in [-0.3, -0.25) is 0 Å². The first-order valence-corrected chi connectivity index (χ1v) is 2.76. The molecule has 0 aliphatic carbocycles. The number of aliphatic hydroxyl groups is 1. The van der Waals surface area contributed by atoms with E-state index in [0.29, 0.717) is 0 Å². The molecular weight excluding hydrogens is 98.9 g/mol. The summed E-state index contributed by atoms with van der Waals surface area (Å²) < 4.78 is 0. The summed E-state index contributed by atoms with van der Waals surface area (Å²) in [7, 11) is 5.56. The summed E-state index contributed by atoms with van der Waals surface area (Å²) in [5.74, 6) is 0. The van der Waals surface area contributed by atoms with Gasteiger partial charge in [0.05, 0.1) is 13.4 Å². The van der Waals surface area contributed by atoms with Gasteiger partial charge in [-0.25, -0.2) is 0 Å². The van der Waals surface area contributed by atoms with Gasteiger partial charge in [-0.15, -0.1) is 0 Å². The Morgan fingerprint density at radius 1 is 1.12 bits per heavy atom. The van der Waals surface area contributed by atoms with Gasteiger partial charge in [-0.2, -0.15) is 0 Å². The third-order valence-electron chi connectivity index (χ3n) is 1.58. The highest BCUT2D eigenvalue weighted by Gasteiger charge is 2.28. The molecule has 0 aromatic heterocycles. The van der Waals surface area contributed by atoms with Crippen molar-refractivity contribution in [2.45, 2.75) is 38.6 Å². The molecule has 0 atom stereocenters. The summed E-state index contributed by atoms with van der Waals surface area (Å²) in [6, 6.07) is 0. The van der Waals surface area contributed by atoms with Gasteiger partial charge < -0.3 is 5.11 Å². The summed E-state index contributed by atoms with van der Waals surface area (Å²) in [6.45, 7) is 7.00. The van der Waals surface area contributed by atoms with Gasteiger partial charge in [0.1, 0.15) is 0 Å². The molecule has 46 valence electrons. The van der Waals surface area contributed by atoms with Crippen LogP contribution < -0.4 is 0 Å². The van der Waals surface area contributed by atoms with Crippen LogP contribution in [0.2, 0.25) is 5.31 Å². The second-order valence-corrected chi connectivity index (χ2v) is 3.28. The minimum absolute atomic E-state index is 0.507. The topological polar surface area (TPSA) is 20.2 Å². The Hall–Kier alpha value is 0.0249. The van der Waals surface area contributed by atoms with E-state index in [2.05, 4.69) is 0 Å². The maximum absolute atomic E-state index is 9.23. The van der Waals surface area contributed by atoms with E-state index < -0.39 is 10.9 Å². The van der Waals surface area contributed by atoms with E-state index in [4.69, 9.17) is 7.85 Å². The Morgan fingerprint density at radius 3 is 1.25 bits per heavy atom. The van der Waals surface area contributed by atoms with Crippen molar-refractivity contribution in [3.05, 3.63) is 0 Å². The van der Waals surface area contributed by atoms with Gasteiger partial charge in [0.15, 0.2) is 0 Å². The Bertz CT molecular complexity index is 63.5. The standard InChI is InChI=1S/C6H13BO/c1-5(2,7)6(3,4)8/h8H,1-4H3. The van der Waals surface area contributed by atoms with Crippen molar-refractivity contribution in [3.8, 4) is 0 Å². The van der Waals surface area contributed by atoms with Crippen LogP contribution in [-0.2, 0) is 0 Å². The van der Waals surface area contributed by atoms with Crippen molar-refractivity contribution in [2.75, 3.05) is 0 Å². The minimum atomic E-state index is -0.785. The molecule has 2 radical (unpaired) electrons. The minimum Gasteiger partial charge on any atom is -0.391 e. The normalized spacial score (nSPS) is 14.1. The van der Waals surface area contributed by atoms with Crippen molar-refractivity contribution in [3.63, 3.8) is 0 Å². The summed E-state index contributed by atoms with van der Waals surface area (Å²) in [4.78, 5) is 0. The van der Waals surface area contributed by atoms with E-state index in [1.807, 2.05) is 0 Å². The van der Waals surface area contributed by atoms with Crippen LogP contribution in [0.1, 0.15) is 27.7 Å². The monoisotopic (exact) mass is 112 g/mol. The molecule has 8 heavy (non-hydrogen) atoms. The predicted octanol–water partition coefficient (Wildman–Crippen LogP) is 1.12. The van der Waals surface area contributed by atoms with E-state index in [0.717, 1.165) is 0 Å². The average Bonchev–Trinajstić information content (AvgIpc) is 1.25. The quantitative estimate of drug-likeness (QED) is 0.504. The van der Waals surface area contributed by atoms with Crippen LogP contribution in [0, 0.1) is 0 Å². The molecule has 1 N–H and O–H groups in total. The Kier molecular flexibility index (Phi) is 1.77. The highest BCUT2D eigenvalue weighted by Crippen LogP contribution is 2.32. The van der Waals surface area contributed by atoms with Crippen LogP contribution in [0.3, 0.4) is 0 Å². The molecule has 0 amide bonds. The van der Waals surface area contributed by atoms with Crippen molar-refractivity contribution < 1.29 is 5.11 Å². The van der Waals surface area contributed by atoms with Crippen LogP contribution >= 0.6 is 0 Å². The van der Waals surface area contributed by atoms with E-state index in [1.54, 1.807) is 27.7 Å². The van der Waals surface area contributed by atoms with Crippen molar-refractivity contribution >= 4 is 7.85 Å². The van der Waals surface area contributed by atoms with Gasteiger partial charge in [-0.05, 0) is 19.2 Å². The SMILES string of the molecule is [B]C(C)(C)C(C)(C)O. The van der Waals surface area contributed by atoms with Crippen molar-refractivity contribution in [1.82, 2.24) is 0 Å². The van der Waals surface area contributed by atoms with E-state index in [1.165, 1.54) is 0 Å². The number of hydrogen-bond acceptors (Lipinski definition) is 1. The first-order valence-electron chi connectivity index (χ1n) is 2.76. The lowest BCUT2D eigenvalue weighted by Gasteiger charge is -2.33. The second-order valence-electron chi connectivity index (χ2n) is 3.28. The van der Waals surface area contributed by atoms with Crippen molar-refractivity contribution in [2.24, 2.45) is 0 Å².